The second-order valence-electron chi connectivity index (χ2n) is 6.29. The van der Waals surface area contributed by atoms with Crippen LogP contribution in [0.3, 0.4) is 0 Å². The molecule has 118 valence electrons. The van der Waals surface area contributed by atoms with Gasteiger partial charge in [0.25, 0.3) is 0 Å². The molecule has 0 saturated heterocycles. The minimum absolute atomic E-state index is 0.286. The molecule has 0 amide bonds. The number of aliphatic hydroxyl groups excluding tert-OH is 1. The van der Waals surface area contributed by atoms with Gasteiger partial charge in [-0.1, -0.05) is 31.9 Å². The van der Waals surface area contributed by atoms with E-state index in [1.165, 1.54) is 6.07 Å². The molecule has 1 aromatic rings. The second kappa shape index (κ2) is 5.97. The van der Waals surface area contributed by atoms with Crippen molar-refractivity contribution in [3.05, 3.63) is 35.4 Å². The van der Waals surface area contributed by atoms with Crippen molar-refractivity contribution < 1.29 is 18.3 Å². The molecule has 0 aliphatic heterocycles. The predicted molar refractivity (Wildman–Crippen MR) is 75.5 cm³/mol. The average molecular weight is 301 g/mol. The van der Waals surface area contributed by atoms with Gasteiger partial charge in [0.15, 0.2) is 0 Å². The third-order valence-electron chi connectivity index (χ3n) is 4.64. The summed E-state index contributed by atoms with van der Waals surface area (Å²) in [7, 11) is 0. The molecule has 2 nitrogen and oxygen atoms in total. The second-order valence-corrected chi connectivity index (χ2v) is 6.29. The van der Waals surface area contributed by atoms with Crippen LogP contribution in [0.1, 0.15) is 49.8 Å². The molecule has 2 rings (SSSR count). The standard InChI is InChI=1S/C16H22F3NO/c1-11-4-3-7-15(9-11,10-20)14(21)12-5-2-6-13(8-12)16(17,18)19/h2,5-6,8,11,14,21H,3-4,7,9-10,20H2,1H3. The Balaban J connectivity index is 2.31. The fourth-order valence-corrected chi connectivity index (χ4v) is 3.48. The van der Waals surface area contributed by atoms with Crippen molar-refractivity contribution in [1.29, 1.82) is 0 Å². The number of rotatable bonds is 3. The number of aliphatic hydroxyl groups is 1. The van der Waals surface area contributed by atoms with Gasteiger partial charge in [0.1, 0.15) is 0 Å². The van der Waals surface area contributed by atoms with Crippen molar-refractivity contribution in [1.82, 2.24) is 0 Å². The summed E-state index contributed by atoms with van der Waals surface area (Å²) in [4.78, 5) is 0. The van der Waals surface area contributed by atoms with E-state index in [2.05, 4.69) is 6.92 Å². The van der Waals surface area contributed by atoms with Crippen LogP contribution in [0, 0.1) is 11.3 Å². The van der Waals surface area contributed by atoms with Crippen LogP contribution in [0.5, 0.6) is 0 Å². The highest BCUT2D eigenvalue weighted by Gasteiger charge is 2.41. The van der Waals surface area contributed by atoms with Crippen molar-refractivity contribution >= 4 is 0 Å². The lowest BCUT2D eigenvalue weighted by molar-refractivity contribution is -0.137. The number of hydrogen-bond donors (Lipinski definition) is 2. The number of alkyl halides is 3. The van der Waals surface area contributed by atoms with E-state index in [-0.39, 0.29) is 6.54 Å². The Labute approximate surface area is 123 Å². The van der Waals surface area contributed by atoms with E-state index in [9.17, 15) is 18.3 Å². The highest BCUT2D eigenvalue weighted by Crippen LogP contribution is 2.47. The molecule has 1 saturated carbocycles. The molecule has 1 aliphatic rings. The van der Waals surface area contributed by atoms with Crippen LogP contribution >= 0.6 is 0 Å². The Morgan fingerprint density at radius 3 is 2.71 bits per heavy atom. The third kappa shape index (κ3) is 3.40. The minimum Gasteiger partial charge on any atom is -0.388 e. The van der Waals surface area contributed by atoms with Crippen LogP contribution < -0.4 is 5.73 Å². The third-order valence-corrected chi connectivity index (χ3v) is 4.64. The Kier molecular flexibility index (Phi) is 4.63. The van der Waals surface area contributed by atoms with Gasteiger partial charge in [-0.25, -0.2) is 0 Å². The van der Waals surface area contributed by atoms with Gasteiger partial charge in [0, 0.05) is 12.0 Å². The van der Waals surface area contributed by atoms with E-state index in [1.807, 2.05) is 0 Å². The van der Waals surface area contributed by atoms with Crippen molar-refractivity contribution in [2.75, 3.05) is 6.54 Å². The van der Waals surface area contributed by atoms with Crippen molar-refractivity contribution in [3.63, 3.8) is 0 Å². The highest BCUT2D eigenvalue weighted by molar-refractivity contribution is 5.28. The normalized spacial score (nSPS) is 28.4. The zero-order valence-corrected chi connectivity index (χ0v) is 12.2. The summed E-state index contributed by atoms with van der Waals surface area (Å²) in [5.74, 6) is 0.433. The first-order valence-corrected chi connectivity index (χ1v) is 7.34. The van der Waals surface area contributed by atoms with Crippen molar-refractivity contribution in [2.45, 2.75) is 44.9 Å². The quantitative estimate of drug-likeness (QED) is 0.889. The maximum absolute atomic E-state index is 12.8. The first-order valence-electron chi connectivity index (χ1n) is 7.34. The molecular formula is C16H22F3NO. The molecule has 21 heavy (non-hydrogen) atoms. The highest BCUT2D eigenvalue weighted by atomic mass is 19.4. The van der Waals surface area contributed by atoms with Crippen LogP contribution in [0.2, 0.25) is 0 Å². The lowest BCUT2D eigenvalue weighted by Crippen LogP contribution is -2.40. The van der Waals surface area contributed by atoms with Crippen LogP contribution in [-0.2, 0) is 6.18 Å². The molecule has 3 unspecified atom stereocenters. The first kappa shape index (κ1) is 16.3. The van der Waals surface area contributed by atoms with Gasteiger partial charge in [0.2, 0.25) is 0 Å². The zero-order valence-electron chi connectivity index (χ0n) is 12.2. The lowest BCUT2D eigenvalue weighted by Gasteiger charge is -2.43. The molecule has 3 N–H and O–H groups in total. The van der Waals surface area contributed by atoms with Gasteiger partial charge < -0.3 is 10.8 Å². The molecule has 0 aromatic heterocycles. The maximum atomic E-state index is 12.8. The first-order chi connectivity index (χ1) is 9.78. The zero-order chi connectivity index (χ0) is 15.7. The maximum Gasteiger partial charge on any atom is 0.416 e. The summed E-state index contributed by atoms with van der Waals surface area (Å²) in [6.45, 7) is 2.39. The van der Waals surface area contributed by atoms with E-state index in [0.717, 1.165) is 37.8 Å². The number of halogens is 3. The van der Waals surface area contributed by atoms with Crippen molar-refractivity contribution in [2.24, 2.45) is 17.1 Å². The molecule has 1 aliphatic carbocycles. The molecule has 1 fully saturated rings. The SMILES string of the molecule is CC1CCCC(CN)(C(O)c2cccc(C(F)(F)F)c2)C1. The molecule has 0 heterocycles. The van der Waals surface area contributed by atoms with Gasteiger partial charge in [0.05, 0.1) is 11.7 Å². The molecule has 0 spiro atoms. The molecule has 1 aromatic carbocycles. The Bertz CT molecular complexity index is 489. The van der Waals surface area contributed by atoms with Gasteiger partial charge in [-0.2, -0.15) is 13.2 Å². The largest absolute Gasteiger partial charge is 0.416 e. The summed E-state index contributed by atoms with van der Waals surface area (Å²) < 4.78 is 38.4. The van der Waals surface area contributed by atoms with E-state index in [1.54, 1.807) is 6.07 Å². The fraction of sp³-hybridized carbons (Fsp3) is 0.625. The number of benzene rings is 1. The molecular weight excluding hydrogens is 279 g/mol. The molecule has 0 radical (unpaired) electrons. The predicted octanol–water partition coefficient (Wildman–Crippen LogP) is 3.89. The monoisotopic (exact) mass is 301 g/mol. The van der Waals surface area contributed by atoms with Crippen LogP contribution in [-0.4, -0.2) is 11.7 Å². The number of hydrogen-bond acceptors (Lipinski definition) is 2. The smallest absolute Gasteiger partial charge is 0.388 e. The van der Waals surface area contributed by atoms with Crippen LogP contribution in [0.4, 0.5) is 13.2 Å². The summed E-state index contributed by atoms with van der Waals surface area (Å²) >= 11 is 0. The van der Waals surface area contributed by atoms with E-state index >= 15 is 0 Å². The Morgan fingerprint density at radius 2 is 2.14 bits per heavy atom. The van der Waals surface area contributed by atoms with E-state index in [4.69, 9.17) is 5.73 Å². The molecule has 0 bridgehead atoms. The van der Waals surface area contributed by atoms with Crippen LogP contribution in [0.15, 0.2) is 24.3 Å². The summed E-state index contributed by atoms with van der Waals surface area (Å²) in [6.07, 6.45) is -1.81. The Morgan fingerprint density at radius 1 is 1.43 bits per heavy atom. The Hall–Kier alpha value is -1.07. The summed E-state index contributed by atoms with van der Waals surface area (Å²) in [6, 6.07) is 4.96. The summed E-state index contributed by atoms with van der Waals surface area (Å²) in [5.41, 5.74) is 4.95. The summed E-state index contributed by atoms with van der Waals surface area (Å²) in [5, 5.41) is 10.7. The molecule has 5 heteroatoms. The number of nitrogens with two attached hydrogens (primary N) is 1. The van der Waals surface area contributed by atoms with Crippen LogP contribution in [0.25, 0.3) is 0 Å². The van der Waals surface area contributed by atoms with Gasteiger partial charge >= 0.3 is 6.18 Å². The van der Waals surface area contributed by atoms with E-state index < -0.39 is 23.3 Å². The van der Waals surface area contributed by atoms with Crippen molar-refractivity contribution in [3.8, 4) is 0 Å². The van der Waals surface area contributed by atoms with Gasteiger partial charge in [-0.05, 0) is 36.5 Å². The van der Waals surface area contributed by atoms with Gasteiger partial charge in [-0.3, -0.25) is 0 Å². The lowest BCUT2D eigenvalue weighted by atomic mass is 9.65. The minimum atomic E-state index is -4.40. The topological polar surface area (TPSA) is 46.2 Å². The molecule has 3 atom stereocenters. The fourth-order valence-electron chi connectivity index (χ4n) is 3.48. The van der Waals surface area contributed by atoms with Gasteiger partial charge in [-0.15, -0.1) is 0 Å². The average Bonchev–Trinajstić information content (AvgIpc) is 2.45. The van der Waals surface area contributed by atoms with E-state index in [0.29, 0.717) is 11.5 Å².